The number of hydrogen-bond donors (Lipinski definition) is 2. The van der Waals surface area contributed by atoms with Gasteiger partial charge < -0.3 is 15.4 Å². The molecule has 0 aliphatic carbocycles. The Morgan fingerprint density at radius 2 is 1.65 bits per heavy atom. The third-order valence-corrected chi connectivity index (χ3v) is 4.93. The van der Waals surface area contributed by atoms with Gasteiger partial charge in [-0.15, -0.1) is 0 Å². The average molecular weight is 419 g/mol. The maximum absolute atomic E-state index is 14.0. The summed E-state index contributed by atoms with van der Waals surface area (Å²) in [4.78, 5) is 8.87. The molecule has 2 aromatic rings. The van der Waals surface area contributed by atoms with Crippen LogP contribution in [0.2, 0.25) is 0 Å². The van der Waals surface area contributed by atoms with Crippen molar-refractivity contribution in [3.05, 3.63) is 102 Å². The van der Waals surface area contributed by atoms with Gasteiger partial charge in [-0.3, -0.25) is 0 Å². The monoisotopic (exact) mass is 419 g/mol. The Balaban J connectivity index is 1.37. The molecule has 0 bridgehead atoms. The van der Waals surface area contributed by atoms with E-state index in [4.69, 9.17) is 0 Å². The smallest absolute Gasteiger partial charge is 0.163 e. The predicted octanol–water partition coefficient (Wildman–Crippen LogP) is 4.50. The summed E-state index contributed by atoms with van der Waals surface area (Å²) in [5, 5.41) is 0. The second-order valence-electron chi connectivity index (χ2n) is 7.06. The molecule has 154 valence electrons. The highest BCUT2D eigenvalue weighted by atomic mass is 19.1. The predicted molar refractivity (Wildman–Crippen MR) is 111 cm³/mol. The Morgan fingerprint density at radius 3 is 2.42 bits per heavy atom. The average Bonchev–Trinajstić information content (AvgIpc) is 3.18. The number of aromatic nitrogens is 3. The molecule has 0 aromatic heterocycles. The van der Waals surface area contributed by atoms with Crippen LogP contribution in [0.4, 0.5) is 13.2 Å². The van der Waals surface area contributed by atoms with Crippen LogP contribution in [0.5, 0.6) is 0 Å². The molecule has 0 fully saturated rings. The third kappa shape index (κ3) is 3.75. The van der Waals surface area contributed by atoms with Crippen molar-refractivity contribution in [2.75, 3.05) is 0 Å². The number of pyridine rings is 1. The Kier molecular flexibility index (Phi) is 4.66. The Morgan fingerprint density at radius 1 is 0.806 bits per heavy atom. The summed E-state index contributed by atoms with van der Waals surface area (Å²) in [5.41, 5.74) is 9.22. The summed E-state index contributed by atoms with van der Waals surface area (Å²) < 4.78 is 43.0. The van der Waals surface area contributed by atoms with Gasteiger partial charge in [-0.1, -0.05) is 12.1 Å². The maximum atomic E-state index is 14.0. The van der Waals surface area contributed by atoms with Crippen molar-refractivity contribution in [1.82, 2.24) is 25.4 Å². The molecule has 0 unspecified atom stereocenters. The van der Waals surface area contributed by atoms with Crippen molar-refractivity contribution < 1.29 is 13.2 Å². The Labute approximate surface area is 175 Å². The summed E-state index contributed by atoms with van der Waals surface area (Å²) in [7, 11) is 0. The number of nitrogens with one attached hydrogen (secondary N) is 2. The van der Waals surface area contributed by atoms with Crippen molar-refractivity contribution in [3.63, 3.8) is 0 Å². The van der Waals surface area contributed by atoms with Crippen LogP contribution in [-0.2, 0) is 6.54 Å². The van der Waals surface area contributed by atoms with Crippen LogP contribution in [0.25, 0.3) is 28.5 Å². The first kappa shape index (κ1) is 18.9. The Bertz CT molecular complexity index is 1310. The van der Waals surface area contributed by atoms with Crippen LogP contribution in [0.1, 0.15) is 5.56 Å². The van der Waals surface area contributed by atoms with Gasteiger partial charge >= 0.3 is 0 Å². The second kappa shape index (κ2) is 7.64. The normalized spacial score (nSPS) is 13.4. The zero-order chi connectivity index (χ0) is 21.4. The standard InChI is InChI=1S/C23H16F3N5/c24-14-5-7-16(19(26)11-14)20-8-6-15(29-30-20)12-31-10-9-21-22(13-31)28-23(27-21)17-3-1-2-4-18(17)25/h1-11,13,29-30H,12H2. The zero-order valence-corrected chi connectivity index (χ0v) is 16.1. The fraction of sp³-hybridized carbons (Fsp3) is 0.0435. The molecule has 5 nitrogen and oxygen atoms in total. The highest BCUT2D eigenvalue weighted by molar-refractivity contribution is 5.67. The zero-order valence-electron chi connectivity index (χ0n) is 16.1. The Hall–Kier alpha value is -4.07. The molecule has 0 amide bonds. The van der Waals surface area contributed by atoms with Gasteiger partial charge in [0.1, 0.15) is 23.1 Å². The molecule has 0 saturated carbocycles. The van der Waals surface area contributed by atoms with Crippen molar-refractivity contribution in [3.8, 4) is 22.8 Å². The number of benzene rings is 2. The van der Waals surface area contributed by atoms with E-state index in [0.717, 1.165) is 11.8 Å². The molecular formula is C23H16F3N5. The van der Waals surface area contributed by atoms with Gasteiger partial charge in [0.15, 0.2) is 5.82 Å². The lowest BCUT2D eigenvalue weighted by Gasteiger charge is -2.21. The number of halogens is 3. The summed E-state index contributed by atoms with van der Waals surface area (Å²) in [5.74, 6) is -1.29. The molecular weight excluding hydrogens is 403 g/mol. The number of hydrazine groups is 1. The second-order valence-corrected chi connectivity index (χ2v) is 7.06. The maximum Gasteiger partial charge on any atom is 0.163 e. The van der Waals surface area contributed by atoms with Crippen molar-refractivity contribution >= 4 is 5.70 Å². The molecule has 3 heterocycles. The third-order valence-electron chi connectivity index (χ3n) is 4.93. The summed E-state index contributed by atoms with van der Waals surface area (Å²) in [6, 6.07) is 11.7. The number of fused-ring (bicyclic) bond motifs is 1. The van der Waals surface area contributed by atoms with E-state index in [1.165, 1.54) is 18.2 Å². The van der Waals surface area contributed by atoms with Crippen LogP contribution in [0, 0.1) is 17.5 Å². The van der Waals surface area contributed by atoms with Crippen LogP contribution < -0.4 is 10.9 Å². The first-order valence-electron chi connectivity index (χ1n) is 9.53. The fourth-order valence-electron chi connectivity index (χ4n) is 3.38. The lowest BCUT2D eigenvalue weighted by molar-refractivity contribution is 0.577. The summed E-state index contributed by atoms with van der Waals surface area (Å²) in [6.45, 7) is 0.487. The molecule has 0 atom stereocenters. The van der Waals surface area contributed by atoms with Gasteiger partial charge in [-0.25, -0.2) is 23.1 Å². The van der Waals surface area contributed by atoms with Crippen molar-refractivity contribution in [2.24, 2.45) is 0 Å². The molecule has 5 rings (SSSR count). The van der Waals surface area contributed by atoms with E-state index in [0.29, 0.717) is 35.0 Å². The molecule has 0 saturated heterocycles. The first-order chi connectivity index (χ1) is 15.1. The van der Waals surface area contributed by atoms with E-state index in [1.807, 2.05) is 29.1 Å². The number of allylic oxidation sites excluding steroid dienone is 3. The van der Waals surface area contributed by atoms with Crippen LogP contribution in [0.3, 0.4) is 0 Å². The van der Waals surface area contributed by atoms with Gasteiger partial charge in [-0.05, 0) is 42.5 Å². The van der Waals surface area contributed by atoms with E-state index < -0.39 is 11.6 Å². The summed E-state index contributed by atoms with van der Waals surface area (Å²) in [6.07, 6.45) is 7.21. The number of imidazole rings is 1. The number of rotatable bonds is 4. The lowest BCUT2D eigenvalue weighted by Crippen LogP contribution is -2.33. The van der Waals surface area contributed by atoms with Crippen LogP contribution in [-0.4, -0.2) is 14.5 Å². The quantitative estimate of drug-likeness (QED) is 0.512. The highest BCUT2D eigenvalue weighted by Crippen LogP contribution is 2.26. The molecule has 2 aromatic carbocycles. The van der Waals surface area contributed by atoms with Gasteiger partial charge in [-0.2, -0.15) is 0 Å². The molecule has 31 heavy (non-hydrogen) atoms. The molecule has 3 aliphatic heterocycles. The van der Waals surface area contributed by atoms with Crippen LogP contribution in [0.15, 0.2) is 78.8 Å². The van der Waals surface area contributed by atoms with Gasteiger partial charge in [0.2, 0.25) is 0 Å². The van der Waals surface area contributed by atoms with E-state index in [9.17, 15) is 13.2 Å². The van der Waals surface area contributed by atoms with E-state index in [-0.39, 0.29) is 11.4 Å². The summed E-state index contributed by atoms with van der Waals surface area (Å²) >= 11 is 0. The molecule has 0 radical (unpaired) electrons. The van der Waals surface area contributed by atoms with Crippen LogP contribution >= 0.6 is 0 Å². The number of nitrogens with zero attached hydrogens (tertiary/aromatic N) is 3. The molecule has 0 spiro atoms. The minimum Gasteiger partial charge on any atom is -0.346 e. The van der Waals surface area contributed by atoms with Gasteiger partial charge in [0.25, 0.3) is 0 Å². The molecule has 2 N–H and O–H groups in total. The van der Waals surface area contributed by atoms with Gasteiger partial charge in [0.05, 0.1) is 29.2 Å². The first-order valence-corrected chi connectivity index (χ1v) is 9.53. The highest BCUT2D eigenvalue weighted by Gasteiger charge is 2.16. The number of hydrogen-bond acceptors (Lipinski definition) is 4. The largest absolute Gasteiger partial charge is 0.346 e. The van der Waals surface area contributed by atoms with Gasteiger partial charge in [0, 0.05) is 24.0 Å². The lowest BCUT2D eigenvalue weighted by atomic mass is 10.1. The minimum atomic E-state index is -0.641. The van der Waals surface area contributed by atoms with E-state index >= 15 is 0 Å². The van der Waals surface area contributed by atoms with E-state index in [1.54, 1.807) is 24.3 Å². The molecule has 8 heteroatoms. The van der Waals surface area contributed by atoms with Crippen molar-refractivity contribution in [2.45, 2.75) is 6.54 Å². The molecule has 3 aliphatic rings. The van der Waals surface area contributed by atoms with Crippen molar-refractivity contribution in [1.29, 1.82) is 0 Å². The fourth-order valence-corrected chi connectivity index (χ4v) is 3.38. The van der Waals surface area contributed by atoms with E-state index in [2.05, 4.69) is 20.8 Å². The topological polar surface area (TPSA) is 54.8 Å². The SMILES string of the molecule is Fc1ccc(C2=CC=C(Cn3ccc4nc(-c5ccccc5F)nc-4c3)NN2)c(F)c1. The minimum absolute atomic E-state index is 0.269.